The lowest BCUT2D eigenvalue weighted by molar-refractivity contribution is -0.138. The van der Waals surface area contributed by atoms with E-state index in [4.69, 9.17) is 26.0 Å². The SMILES string of the molecule is COc1ccc(C(CC(N)=O)N2Cc3ccccc3C2=O)cc1OC.CSCCC(N)C(=O)O. The van der Waals surface area contributed by atoms with Gasteiger partial charge in [-0.2, -0.15) is 11.8 Å². The number of methoxy groups -OCH3 is 2. The van der Waals surface area contributed by atoms with Gasteiger partial charge in [0.1, 0.15) is 6.04 Å². The Balaban J connectivity index is 0.000000387. The molecular formula is C24H31N3O6S. The molecule has 2 aromatic carbocycles. The number of amides is 2. The number of carboxylic acids is 1. The van der Waals surface area contributed by atoms with Crippen LogP contribution in [0.5, 0.6) is 11.5 Å². The highest BCUT2D eigenvalue weighted by molar-refractivity contribution is 7.98. The first-order chi connectivity index (χ1) is 16.2. The number of thioether (sulfide) groups is 1. The molecule has 2 unspecified atom stereocenters. The van der Waals surface area contributed by atoms with Crippen LogP contribution in [0, 0.1) is 0 Å². The molecule has 2 amide bonds. The summed E-state index contributed by atoms with van der Waals surface area (Å²) in [5.74, 6) is 0.455. The molecule has 0 saturated carbocycles. The largest absolute Gasteiger partial charge is 0.493 e. The van der Waals surface area contributed by atoms with Gasteiger partial charge in [-0.1, -0.05) is 24.3 Å². The second-order valence-corrected chi connectivity index (χ2v) is 8.60. The van der Waals surface area contributed by atoms with E-state index in [1.807, 2.05) is 30.5 Å². The van der Waals surface area contributed by atoms with Gasteiger partial charge in [0.25, 0.3) is 5.91 Å². The summed E-state index contributed by atoms with van der Waals surface area (Å²) >= 11 is 1.60. The fourth-order valence-electron chi connectivity index (χ4n) is 3.56. The molecule has 2 aromatic rings. The second kappa shape index (κ2) is 12.9. The van der Waals surface area contributed by atoms with Gasteiger partial charge in [-0.3, -0.25) is 14.4 Å². The summed E-state index contributed by atoms with van der Waals surface area (Å²) in [6, 6.07) is 11.7. The minimum Gasteiger partial charge on any atom is -0.493 e. The highest BCUT2D eigenvalue weighted by Crippen LogP contribution is 2.37. The van der Waals surface area contributed by atoms with Crippen LogP contribution in [-0.2, 0) is 16.1 Å². The molecule has 0 aromatic heterocycles. The van der Waals surface area contributed by atoms with E-state index < -0.39 is 24.0 Å². The zero-order valence-corrected chi connectivity index (χ0v) is 20.3. The third-order valence-electron chi connectivity index (χ3n) is 5.36. The van der Waals surface area contributed by atoms with Crippen LogP contribution in [-0.4, -0.2) is 60.1 Å². The third kappa shape index (κ3) is 6.88. The Bertz CT molecular complexity index is 1020. The summed E-state index contributed by atoms with van der Waals surface area (Å²) in [7, 11) is 3.10. The van der Waals surface area contributed by atoms with Crippen molar-refractivity contribution in [3.8, 4) is 11.5 Å². The third-order valence-corrected chi connectivity index (χ3v) is 6.01. The average molecular weight is 490 g/mol. The van der Waals surface area contributed by atoms with E-state index in [1.165, 1.54) is 0 Å². The van der Waals surface area contributed by atoms with Crippen molar-refractivity contribution in [2.45, 2.75) is 31.5 Å². The number of carbonyl (C=O) groups is 3. The fraction of sp³-hybridized carbons (Fsp3) is 0.375. The Morgan fingerprint density at radius 1 is 1.15 bits per heavy atom. The lowest BCUT2D eigenvalue weighted by Gasteiger charge is -2.28. The van der Waals surface area contributed by atoms with E-state index >= 15 is 0 Å². The lowest BCUT2D eigenvalue weighted by atomic mass is 10.0. The van der Waals surface area contributed by atoms with Crippen molar-refractivity contribution in [2.24, 2.45) is 11.5 Å². The normalized spacial score (nSPS) is 13.9. The van der Waals surface area contributed by atoms with E-state index in [2.05, 4.69) is 0 Å². The quantitative estimate of drug-likeness (QED) is 0.461. The molecule has 10 heteroatoms. The van der Waals surface area contributed by atoms with Crippen molar-refractivity contribution in [1.29, 1.82) is 0 Å². The Morgan fingerprint density at radius 2 is 1.82 bits per heavy atom. The molecule has 3 rings (SSSR count). The molecule has 5 N–H and O–H groups in total. The summed E-state index contributed by atoms with van der Waals surface area (Å²) in [5.41, 5.74) is 13.0. The predicted molar refractivity (Wildman–Crippen MR) is 131 cm³/mol. The minimum atomic E-state index is -0.913. The van der Waals surface area contributed by atoms with Crippen molar-refractivity contribution in [3.05, 3.63) is 59.2 Å². The van der Waals surface area contributed by atoms with E-state index in [9.17, 15) is 14.4 Å². The van der Waals surface area contributed by atoms with Gasteiger partial charge in [-0.25, -0.2) is 0 Å². The molecule has 184 valence electrons. The van der Waals surface area contributed by atoms with Crippen LogP contribution in [0.1, 0.15) is 40.4 Å². The van der Waals surface area contributed by atoms with Gasteiger partial charge in [0, 0.05) is 12.1 Å². The Labute approximate surface area is 203 Å². The summed E-state index contributed by atoms with van der Waals surface area (Å²) in [5, 5.41) is 8.27. The van der Waals surface area contributed by atoms with Crippen LogP contribution in [0.4, 0.5) is 0 Å². The molecule has 0 spiro atoms. The molecular weight excluding hydrogens is 458 g/mol. The van der Waals surface area contributed by atoms with E-state index in [0.29, 0.717) is 30.0 Å². The van der Waals surface area contributed by atoms with Crippen LogP contribution in [0.25, 0.3) is 0 Å². The first kappa shape index (κ1) is 27.0. The number of nitrogens with zero attached hydrogens (tertiary/aromatic N) is 1. The number of hydrogen-bond acceptors (Lipinski definition) is 7. The number of aliphatic carboxylic acids is 1. The maximum absolute atomic E-state index is 12.8. The van der Waals surface area contributed by atoms with E-state index in [-0.39, 0.29) is 12.3 Å². The Morgan fingerprint density at radius 3 is 2.38 bits per heavy atom. The van der Waals surface area contributed by atoms with Crippen molar-refractivity contribution < 1.29 is 29.0 Å². The summed E-state index contributed by atoms with van der Waals surface area (Å²) in [6.07, 6.45) is 2.51. The lowest BCUT2D eigenvalue weighted by Crippen LogP contribution is -2.32. The van der Waals surface area contributed by atoms with Gasteiger partial charge in [-0.15, -0.1) is 0 Å². The molecule has 0 saturated heterocycles. The van der Waals surface area contributed by atoms with Crippen LogP contribution in [0.3, 0.4) is 0 Å². The number of rotatable bonds is 10. The van der Waals surface area contributed by atoms with Gasteiger partial charge in [-0.05, 0) is 47.8 Å². The average Bonchev–Trinajstić information content (AvgIpc) is 3.17. The summed E-state index contributed by atoms with van der Waals surface area (Å²) in [6.45, 7) is 0.446. The molecule has 1 aliphatic heterocycles. The number of carboxylic acid groups (broad SMARTS) is 1. The number of benzene rings is 2. The number of nitrogens with two attached hydrogens (primary N) is 2. The van der Waals surface area contributed by atoms with Crippen molar-refractivity contribution in [1.82, 2.24) is 4.90 Å². The van der Waals surface area contributed by atoms with Crippen LogP contribution in [0.2, 0.25) is 0 Å². The number of primary amides is 1. The number of fused-ring (bicyclic) bond motifs is 1. The number of hydrogen-bond donors (Lipinski definition) is 3. The monoisotopic (exact) mass is 489 g/mol. The predicted octanol–water partition coefficient (Wildman–Crippen LogP) is 2.43. The Hall–Kier alpha value is -3.24. The molecule has 9 nitrogen and oxygen atoms in total. The highest BCUT2D eigenvalue weighted by Gasteiger charge is 2.34. The minimum absolute atomic E-state index is 0.0369. The van der Waals surface area contributed by atoms with Gasteiger partial charge in [0.2, 0.25) is 5.91 Å². The standard InChI is InChI=1S/C19H20N2O4.C5H11NO2S/c1-24-16-8-7-12(9-17(16)25-2)15(10-18(20)22)21-11-13-5-3-4-6-14(13)19(21)23;1-9-3-2-4(6)5(7)8/h3-9,15H,10-11H2,1-2H3,(H2,20,22);4H,2-3,6H2,1H3,(H,7,8). The van der Waals surface area contributed by atoms with Crippen molar-refractivity contribution in [3.63, 3.8) is 0 Å². The fourth-order valence-corrected chi connectivity index (χ4v) is 4.05. The first-order valence-electron chi connectivity index (χ1n) is 10.6. The van der Waals surface area contributed by atoms with Gasteiger partial charge in [0.05, 0.1) is 26.7 Å². The smallest absolute Gasteiger partial charge is 0.320 e. The number of carbonyl (C=O) groups excluding carboxylic acids is 2. The van der Waals surface area contributed by atoms with Crippen LogP contribution >= 0.6 is 11.8 Å². The van der Waals surface area contributed by atoms with Gasteiger partial charge >= 0.3 is 5.97 Å². The zero-order chi connectivity index (χ0) is 25.3. The molecule has 0 bridgehead atoms. The molecule has 2 atom stereocenters. The van der Waals surface area contributed by atoms with Crippen molar-refractivity contribution in [2.75, 3.05) is 26.2 Å². The van der Waals surface area contributed by atoms with Crippen LogP contribution < -0.4 is 20.9 Å². The molecule has 0 fully saturated rings. The zero-order valence-electron chi connectivity index (χ0n) is 19.5. The van der Waals surface area contributed by atoms with E-state index in [1.54, 1.807) is 49.1 Å². The molecule has 34 heavy (non-hydrogen) atoms. The second-order valence-electron chi connectivity index (χ2n) is 7.62. The van der Waals surface area contributed by atoms with Gasteiger partial charge in [0.15, 0.2) is 11.5 Å². The first-order valence-corrected chi connectivity index (χ1v) is 12.0. The van der Waals surface area contributed by atoms with Gasteiger partial charge < -0.3 is 30.9 Å². The van der Waals surface area contributed by atoms with E-state index in [0.717, 1.165) is 16.9 Å². The molecule has 1 aliphatic rings. The molecule has 1 heterocycles. The maximum Gasteiger partial charge on any atom is 0.320 e. The molecule has 0 aliphatic carbocycles. The topological polar surface area (TPSA) is 145 Å². The maximum atomic E-state index is 12.8. The summed E-state index contributed by atoms with van der Waals surface area (Å²) < 4.78 is 10.6. The Kier molecular flexibility index (Phi) is 10.2. The highest BCUT2D eigenvalue weighted by atomic mass is 32.2. The number of ether oxygens (including phenoxy) is 2. The molecule has 0 radical (unpaired) electrons. The van der Waals surface area contributed by atoms with Crippen molar-refractivity contribution >= 4 is 29.5 Å². The van der Waals surface area contributed by atoms with Crippen LogP contribution in [0.15, 0.2) is 42.5 Å². The summed E-state index contributed by atoms with van der Waals surface area (Å²) in [4.78, 5) is 36.2.